The molecule has 1 fully saturated rings. The predicted octanol–water partition coefficient (Wildman–Crippen LogP) is 1.75. The molecule has 21 heavy (non-hydrogen) atoms. The first kappa shape index (κ1) is 16.9. The summed E-state index contributed by atoms with van der Waals surface area (Å²) in [4.78, 5) is 1.09. The Hall–Kier alpha value is -0.470. The normalized spacial score (nSPS) is 20.0. The second-order valence-corrected chi connectivity index (χ2v) is 8.72. The molecule has 1 aromatic rings. The van der Waals surface area contributed by atoms with Crippen LogP contribution in [0.25, 0.3) is 0 Å². The first-order chi connectivity index (χ1) is 9.97. The molecule has 0 saturated carbocycles. The summed E-state index contributed by atoms with van der Waals surface area (Å²) in [6, 6.07) is 3.94. The zero-order valence-electron chi connectivity index (χ0n) is 12.6. The molecule has 0 spiro atoms. The van der Waals surface area contributed by atoms with Gasteiger partial charge in [0.1, 0.15) is 4.21 Å². The fraction of sp³-hybridized carbons (Fsp3) is 0.714. The number of hydrogen-bond donors (Lipinski definition) is 2. The van der Waals surface area contributed by atoms with E-state index in [1.807, 2.05) is 6.07 Å². The standard InChI is InChI=1S/C14H24N2O3S2/c1-11(2)15-8-7-13-5-6-14(20-13)21(17,18)16-12-4-3-9-19-10-12/h5-6,11-12,15-16H,3-4,7-10H2,1-2H3. The van der Waals surface area contributed by atoms with Crippen LogP contribution in [0.3, 0.4) is 0 Å². The number of rotatable bonds is 7. The van der Waals surface area contributed by atoms with E-state index in [0.29, 0.717) is 16.9 Å². The highest BCUT2D eigenvalue weighted by Gasteiger charge is 2.23. The smallest absolute Gasteiger partial charge is 0.250 e. The van der Waals surface area contributed by atoms with Gasteiger partial charge in [-0.05, 0) is 31.4 Å². The van der Waals surface area contributed by atoms with Gasteiger partial charge in [0.15, 0.2) is 0 Å². The van der Waals surface area contributed by atoms with Crippen LogP contribution in [-0.2, 0) is 21.2 Å². The molecule has 1 unspecified atom stereocenters. The summed E-state index contributed by atoms with van der Waals surface area (Å²) >= 11 is 1.35. The Morgan fingerprint density at radius 3 is 2.90 bits per heavy atom. The van der Waals surface area contributed by atoms with Crippen molar-refractivity contribution in [3.05, 3.63) is 17.0 Å². The van der Waals surface area contributed by atoms with Crippen LogP contribution in [0.15, 0.2) is 16.3 Å². The van der Waals surface area contributed by atoms with E-state index >= 15 is 0 Å². The van der Waals surface area contributed by atoms with Gasteiger partial charge in [-0.2, -0.15) is 0 Å². The van der Waals surface area contributed by atoms with Crippen LogP contribution in [0.4, 0.5) is 0 Å². The SMILES string of the molecule is CC(C)NCCc1ccc(S(=O)(=O)NC2CCCOC2)s1. The average molecular weight is 332 g/mol. The van der Waals surface area contributed by atoms with E-state index in [1.54, 1.807) is 6.07 Å². The molecule has 7 heteroatoms. The molecule has 2 rings (SSSR count). The summed E-state index contributed by atoms with van der Waals surface area (Å²) in [6.45, 7) is 6.25. The van der Waals surface area contributed by atoms with Crippen molar-refractivity contribution in [2.45, 2.75) is 49.4 Å². The van der Waals surface area contributed by atoms with Crippen molar-refractivity contribution in [2.24, 2.45) is 0 Å². The molecule has 1 saturated heterocycles. The third kappa shape index (κ3) is 5.34. The van der Waals surface area contributed by atoms with Crippen molar-refractivity contribution < 1.29 is 13.2 Å². The molecular weight excluding hydrogens is 308 g/mol. The second kappa shape index (κ2) is 7.69. The second-order valence-electron chi connectivity index (χ2n) is 5.61. The van der Waals surface area contributed by atoms with Crippen molar-refractivity contribution in [1.82, 2.24) is 10.0 Å². The minimum Gasteiger partial charge on any atom is -0.380 e. The number of hydrogen-bond acceptors (Lipinski definition) is 5. The van der Waals surface area contributed by atoms with E-state index in [2.05, 4.69) is 23.9 Å². The Morgan fingerprint density at radius 2 is 2.24 bits per heavy atom. The van der Waals surface area contributed by atoms with Gasteiger partial charge in [0.25, 0.3) is 0 Å². The molecule has 1 aromatic heterocycles. The fourth-order valence-electron chi connectivity index (χ4n) is 2.23. The lowest BCUT2D eigenvalue weighted by Crippen LogP contribution is -2.40. The highest BCUT2D eigenvalue weighted by atomic mass is 32.2. The van der Waals surface area contributed by atoms with E-state index in [4.69, 9.17) is 4.74 Å². The molecular formula is C14H24N2O3S2. The lowest BCUT2D eigenvalue weighted by Gasteiger charge is -2.22. The van der Waals surface area contributed by atoms with Crippen molar-refractivity contribution in [3.8, 4) is 0 Å². The maximum absolute atomic E-state index is 12.3. The molecule has 2 N–H and O–H groups in total. The summed E-state index contributed by atoms with van der Waals surface area (Å²) < 4.78 is 33.1. The van der Waals surface area contributed by atoms with E-state index in [-0.39, 0.29) is 6.04 Å². The van der Waals surface area contributed by atoms with E-state index in [0.717, 1.165) is 37.3 Å². The highest BCUT2D eigenvalue weighted by Crippen LogP contribution is 2.22. The quantitative estimate of drug-likeness (QED) is 0.798. The number of thiophene rings is 1. The molecule has 1 aliphatic rings. The summed E-state index contributed by atoms with van der Waals surface area (Å²) in [7, 11) is -3.41. The minimum atomic E-state index is -3.41. The number of sulfonamides is 1. The van der Waals surface area contributed by atoms with Crippen LogP contribution in [0.2, 0.25) is 0 Å². The average Bonchev–Trinajstić information content (AvgIpc) is 2.88. The predicted molar refractivity (Wildman–Crippen MR) is 85.3 cm³/mol. The Balaban J connectivity index is 1.92. The van der Waals surface area contributed by atoms with Crippen LogP contribution in [-0.4, -0.2) is 40.3 Å². The summed E-state index contributed by atoms with van der Waals surface area (Å²) in [5.41, 5.74) is 0. The molecule has 2 heterocycles. The Bertz CT molecular complexity index is 534. The van der Waals surface area contributed by atoms with Crippen LogP contribution < -0.4 is 10.0 Å². The molecule has 5 nitrogen and oxygen atoms in total. The molecule has 1 aliphatic heterocycles. The van der Waals surface area contributed by atoms with Crippen LogP contribution in [0.5, 0.6) is 0 Å². The van der Waals surface area contributed by atoms with Gasteiger partial charge in [-0.25, -0.2) is 13.1 Å². The maximum atomic E-state index is 12.3. The summed E-state index contributed by atoms with van der Waals surface area (Å²) in [5, 5.41) is 3.33. The van der Waals surface area contributed by atoms with Crippen molar-refractivity contribution in [1.29, 1.82) is 0 Å². The molecule has 0 aliphatic carbocycles. The Morgan fingerprint density at radius 1 is 1.43 bits per heavy atom. The lowest BCUT2D eigenvalue weighted by molar-refractivity contribution is 0.0774. The van der Waals surface area contributed by atoms with Crippen LogP contribution in [0.1, 0.15) is 31.6 Å². The van der Waals surface area contributed by atoms with Gasteiger partial charge in [-0.1, -0.05) is 13.8 Å². The minimum absolute atomic E-state index is 0.100. The summed E-state index contributed by atoms with van der Waals surface area (Å²) in [6.07, 6.45) is 2.60. The summed E-state index contributed by atoms with van der Waals surface area (Å²) in [5.74, 6) is 0. The zero-order chi connectivity index (χ0) is 15.3. The van der Waals surface area contributed by atoms with Crippen LogP contribution >= 0.6 is 11.3 Å². The first-order valence-electron chi connectivity index (χ1n) is 7.39. The molecule has 0 bridgehead atoms. The maximum Gasteiger partial charge on any atom is 0.250 e. The molecule has 0 radical (unpaired) electrons. The lowest BCUT2D eigenvalue weighted by atomic mass is 10.1. The van der Waals surface area contributed by atoms with Crippen LogP contribution in [0, 0.1) is 0 Å². The molecule has 0 aromatic carbocycles. The molecule has 1 atom stereocenters. The van der Waals surface area contributed by atoms with E-state index in [9.17, 15) is 8.42 Å². The number of nitrogens with one attached hydrogen (secondary N) is 2. The molecule has 0 amide bonds. The van der Waals surface area contributed by atoms with Gasteiger partial charge in [0, 0.05) is 30.1 Å². The van der Waals surface area contributed by atoms with Gasteiger partial charge >= 0.3 is 0 Å². The Kier molecular flexibility index (Phi) is 6.19. The third-order valence-corrected chi connectivity index (χ3v) is 6.47. The van der Waals surface area contributed by atoms with E-state index < -0.39 is 10.0 Å². The van der Waals surface area contributed by atoms with Gasteiger partial charge in [0.05, 0.1) is 6.61 Å². The van der Waals surface area contributed by atoms with Gasteiger partial charge < -0.3 is 10.1 Å². The van der Waals surface area contributed by atoms with E-state index in [1.165, 1.54) is 11.3 Å². The van der Waals surface area contributed by atoms with Crippen molar-refractivity contribution >= 4 is 21.4 Å². The topological polar surface area (TPSA) is 67.4 Å². The zero-order valence-corrected chi connectivity index (χ0v) is 14.2. The van der Waals surface area contributed by atoms with Gasteiger partial charge in [-0.15, -0.1) is 11.3 Å². The van der Waals surface area contributed by atoms with Gasteiger partial charge in [-0.3, -0.25) is 0 Å². The highest BCUT2D eigenvalue weighted by molar-refractivity contribution is 7.91. The Labute approximate surface area is 131 Å². The monoisotopic (exact) mass is 332 g/mol. The largest absolute Gasteiger partial charge is 0.380 e. The number of ether oxygens (including phenoxy) is 1. The van der Waals surface area contributed by atoms with Crippen molar-refractivity contribution in [2.75, 3.05) is 19.8 Å². The first-order valence-corrected chi connectivity index (χ1v) is 9.69. The van der Waals surface area contributed by atoms with Crippen molar-refractivity contribution in [3.63, 3.8) is 0 Å². The van der Waals surface area contributed by atoms with Gasteiger partial charge in [0.2, 0.25) is 10.0 Å². The molecule has 120 valence electrons. The fourth-order valence-corrected chi connectivity index (χ4v) is 4.86. The third-order valence-electron chi connectivity index (χ3n) is 3.31.